The van der Waals surface area contributed by atoms with Gasteiger partial charge in [-0.1, -0.05) is 19.1 Å². The third kappa shape index (κ3) is 6.34. The van der Waals surface area contributed by atoms with Gasteiger partial charge in [0.05, 0.1) is 12.7 Å². The summed E-state index contributed by atoms with van der Waals surface area (Å²) in [6, 6.07) is 6.04. The number of carbonyl (C=O) groups excluding carboxylic acids is 3. The van der Waals surface area contributed by atoms with E-state index in [0.717, 1.165) is 12.0 Å². The second kappa shape index (κ2) is 9.40. The number of benzene rings is 1. The van der Waals surface area contributed by atoms with E-state index in [9.17, 15) is 14.4 Å². The second-order valence-corrected chi connectivity index (χ2v) is 4.97. The number of nitrogens with one attached hydrogen (secondary N) is 2. The number of methoxy groups -OCH3 is 1. The smallest absolute Gasteiger partial charge is 0.337 e. The number of rotatable bonds is 7. The molecule has 23 heavy (non-hydrogen) atoms. The monoisotopic (exact) mass is 318 g/mol. The van der Waals surface area contributed by atoms with Crippen molar-refractivity contribution in [2.45, 2.75) is 26.3 Å². The van der Waals surface area contributed by atoms with Crippen molar-refractivity contribution in [1.29, 1.82) is 0 Å². The summed E-state index contributed by atoms with van der Waals surface area (Å²) in [5.74, 6) is -0.984. The lowest BCUT2D eigenvalue weighted by molar-refractivity contribution is -0.126. The van der Waals surface area contributed by atoms with Gasteiger partial charge in [0.25, 0.3) is 0 Å². The van der Waals surface area contributed by atoms with E-state index in [1.54, 1.807) is 37.3 Å². The molecule has 0 aromatic heterocycles. The van der Waals surface area contributed by atoms with Crippen molar-refractivity contribution < 1.29 is 19.1 Å². The SMILES string of the molecule is CCCNC(=O)C(C)NC(=O)C=Cc1ccc(C(=O)OC)cc1. The average molecular weight is 318 g/mol. The normalized spacial score (nSPS) is 11.8. The Balaban J connectivity index is 2.54. The molecule has 1 rings (SSSR count). The van der Waals surface area contributed by atoms with Gasteiger partial charge in [-0.05, 0) is 37.1 Å². The lowest BCUT2D eigenvalue weighted by atomic mass is 10.1. The molecule has 0 radical (unpaired) electrons. The molecule has 0 aliphatic heterocycles. The summed E-state index contributed by atoms with van der Waals surface area (Å²) < 4.78 is 4.61. The Hall–Kier alpha value is -2.63. The summed E-state index contributed by atoms with van der Waals surface area (Å²) in [4.78, 5) is 34.7. The Morgan fingerprint density at radius 2 is 1.87 bits per heavy atom. The van der Waals surface area contributed by atoms with Gasteiger partial charge in [-0.25, -0.2) is 4.79 Å². The maximum Gasteiger partial charge on any atom is 0.337 e. The van der Waals surface area contributed by atoms with Crippen LogP contribution in [0.5, 0.6) is 0 Å². The minimum Gasteiger partial charge on any atom is -0.465 e. The van der Waals surface area contributed by atoms with Crippen molar-refractivity contribution in [2.75, 3.05) is 13.7 Å². The largest absolute Gasteiger partial charge is 0.465 e. The predicted molar refractivity (Wildman–Crippen MR) is 87.7 cm³/mol. The molecule has 0 spiro atoms. The molecule has 0 aliphatic carbocycles. The fraction of sp³-hybridized carbons (Fsp3) is 0.353. The minimum atomic E-state index is -0.597. The van der Waals surface area contributed by atoms with E-state index >= 15 is 0 Å². The van der Waals surface area contributed by atoms with E-state index in [0.29, 0.717) is 12.1 Å². The first kappa shape index (κ1) is 18.4. The molecule has 0 saturated carbocycles. The Labute approximate surface area is 135 Å². The van der Waals surface area contributed by atoms with Crippen LogP contribution in [0.3, 0.4) is 0 Å². The number of hydrogen-bond donors (Lipinski definition) is 2. The fourth-order valence-electron chi connectivity index (χ4n) is 1.75. The molecule has 124 valence electrons. The van der Waals surface area contributed by atoms with Crippen LogP contribution in [0.4, 0.5) is 0 Å². The molecule has 1 aromatic carbocycles. The van der Waals surface area contributed by atoms with Gasteiger partial charge in [-0.3, -0.25) is 9.59 Å². The van der Waals surface area contributed by atoms with Crippen LogP contribution in [0.25, 0.3) is 6.08 Å². The van der Waals surface area contributed by atoms with E-state index in [1.165, 1.54) is 13.2 Å². The average Bonchev–Trinajstić information content (AvgIpc) is 2.57. The number of amides is 2. The van der Waals surface area contributed by atoms with Gasteiger partial charge in [0.15, 0.2) is 0 Å². The third-order valence-corrected chi connectivity index (χ3v) is 3.06. The number of ether oxygens (including phenoxy) is 1. The molecule has 1 unspecified atom stereocenters. The molecule has 0 saturated heterocycles. The summed E-state index contributed by atoms with van der Waals surface area (Å²) in [6.07, 6.45) is 3.79. The van der Waals surface area contributed by atoms with Crippen LogP contribution in [0, 0.1) is 0 Å². The molecule has 1 atom stereocenters. The first-order valence-corrected chi connectivity index (χ1v) is 7.42. The van der Waals surface area contributed by atoms with Crippen molar-refractivity contribution in [3.63, 3.8) is 0 Å². The molecular formula is C17H22N2O4. The van der Waals surface area contributed by atoms with Crippen molar-refractivity contribution >= 4 is 23.9 Å². The van der Waals surface area contributed by atoms with Crippen molar-refractivity contribution in [3.05, 3.63) is 41.5 Å². The van der Waals surface area contributed by atoms with Gasteiger partial charge >= 0.3 is 5.97 Å². The van der Waals surface area contributed by atoms with Crippen molar-refractivity contribution in [2.24, 2.45) is 0 Å². The zero-order valence-electron chi connectivity index (χ0n) is 13.6. The summed E-state index contributed by atoms with van der Waals surface area (Å²) in [5.41, 5.74) is 1.20. The second-order valence-electron chi connectivity index (χ2n) is 4.97. The van der Waals surface area contributed by atoms with Gasteiger partial charge in [0.1, 0.15) is 6.04 Å². The molecule has 6 heteroatoms. The molecule has 0 bridgehead atoms. The third-order valence-electron chi connectivity index (χ3n) is 3.06. The first-order chi connectivity index (χ1) is 11.0. The molecule has 0 heterocycles. The quantitative estimate of drug-likeness (QED) is 0.590. The van der Waals surface area contributed by atoms with E-state index in [4.69, 9.17) is 0 Å². The van der Waals surface area contributed by atoms with Crippen LogP contribution in [-0.2, 0) is 14.3 Å². The number of hydrogen-bond acceptors (Lipinski definition) is 4. The van der Waals surface area contributed by atoms with E-state index in [-0.39, 0.29) is 11.8 Å². The van der Waals surface area contributed by atoms with Crippen LogP contribution < -0.4 is 10.6 Å². The molecule has 2 amide bonds. The molecule has 0 fully saturated rings. The highest BCUT2D eigenvalue weighted by molar-refractivity contribution is 5.95. The van der Waals surface area contributed by atoms with Crippen LogP contribution in [0.2, 0.25) is 0 Å². The molecule has 6 nitrogen and oxygen atoms in total. The predicted octanol–water partition coefficient (Wildman–Crippen LogP) is 1.52. The Bertz CT molecular complexity index is 579. The zero-order chi connectivity index (χ0) is 17.2. The topological polar surface area (TPSA) is 84.5 Å². The Kier molecular flexibility index (Phi) is 7.53. The summed E-state index contributed by atoms with van der Waals surface area (Å²) in [7, 11) is 1.32. The number of esters is 1. The van der Waals surface area contributed by atoms with Crippen molar-refractivity contribution in [1.82, 2.24) is 10.6 Å². The minimum absolute atomic E-state index is 0.212. The van der Waals surface area contributed by atoms with Gasteiger partial charge in [-0.15, -0.1) is 0 Å². The fourth-order valence-corrected chi connectivity index (χ4v) is 1.75. The van der Waals surface area contributed by atoms with Crippen LogP contribution in [0.1, 0.15) is 36.2 Å². The highest BCUT2D eigenvalue weighted by Crippen LogP contribution is 2.07. The van der Waals surface area contributed by atoms with Crippen LogP contribution in [0.15, 0.2) is 30.3 Å². The Morgan fingerprint density at radius 3 is 2.43 bits per heavy atom. The van der Waals surface area contributed by atoms with Gasteiger partial charge in [0.2, 0.25) is 11.8 Å². The van der Waals surface area contributed by atoms with Gasteiger partial charge in [-0.2, -0.15) is 0 Å². The van der Waals surface area contributed by atoms with Gasteiger partial charge in [0, 0.05) is 12.6 Å². The highest BCUT2D eigenvalue weighted by Gasteiger charge is 2.13. The number of carbonyl (C=O) groups is 3. The standard InChI is InChI=1S/C17H22N2O4/c1-4-11-18-16(21)12(2)19-15(20)10-7-13-5-8-14(9-6-13)17(22)23-3/h5-10,12H,4,11H2,1-3H3,(H,18,21)(H,19,20). The van der Waals surface area contributed by atoms with E-state index in [2.05, 4.69) is 15.4 Å². The van der Waals surface area contributed by atoms with E-state index < -0.39 is 12.0 Å². The first-order valence-electron chi connectivity index (χ1n) is 7.42. The van der Waals surface area contributed by atoms with Gasteiger partial charge < -0.3 is 15.4 Å². The summed E-state index contributed by atoms with van der Waals surface area (Å²) in [5, 5.41) is 5.30. The van der Waals surface area contributed by atoms with Crippen LogP contribution >= 0.6 is 0 Å². The lowest BCUT2D eigenvalue weighted by Gasteiger charge is -2.12. The van der Waals surface area contributed by atoms with Crippen LogP contribution in [-0.4, -0.2) is 37.5 Å². The lowest BCUT2D eigenvalue weighted by Crippen LogP contribution is -2.44. The maximum atomic E-state index is 11.8. The zero-order valence-corrected chi connectivity index (χ0v) is 13.6. The molecule has 2 N–H and O–H groups in total. The molecular weight excluding hydrogens is 296 g/mol. The maximum absolute atomic E-state index is 11.8. The molecule has 1 aromatic rings. The Morgan fingerprint density at radius 1 is 1.22 bits per heavy atom. The van der Waals surface area contributed by atoms with E-state index in [1.807, 2.05) is 6.92 Å². The highest BCUT2D eigenvalue weighted by atomic mass is 16.5. The summed E-state index contributed by atoms with van der Waals surface area (Å²) >= 11 is 0. The summed E-state index contributed by atoms with van der Waals surface area (Å²) in [6.45, 7) is 4.17. The molecule has 0 aliphatic rings. The van der Waals surface area contributed by atoms with Crippen molar-refractivity contribution in [3.8, 4) is 0 Å².